The first-order chi connectivity index (χ1) is 5.83. The van der Waals surface area contributed by atoms with Gasteiger partial charge >= 0.3 is 0 Å². The van der Waals surface area contributed by atoms with Gasteiger partial charge in [0.25, 0.3) is 0 Å². The van der Waals surface area contributed by atoms with Gasteiger partial charge in [-0.1, -0.05) is 12.2 Å². The second-order valence-corrected chi connectivity index (χ2v) is 2.73. The van der Waals surface area contributed by atoms with Crippen LogP contribution in [0.15, 0.2) is 5.10 Å². The van der Waals surface area contributed by atoms with Crippen molar-refractivity contribution >= 4 is 23.4 Å². The summed E-state index contributed by atoms with van der Waals surface area (Å²) in [7, 11) is 1.65. The number of hydrogen-bond donors (Lipinski definition) is 1. The maximum absolute atomic E-state index is 4.99. The molecule has 1 N–H and O–H groups in total. The lowest BCUT2D eigenvalue weighted by molar-refractivity contribution is 0.231. The van der Waals surface area contributed by atoms with Gasteiger partial charge in [0, 0.05) is 19.0 Å². The van der Waals surface area contributed by atoms with E-state index >= 15 is 0 Å². The van der Waals surface area contributed by atoms with Gasteiger partial charge in [-0.05, 0) is 6.92 Å². The third-order valence-electron chi connectivity index (χ3n) is 1.74. The normalized spacial score (nSPS) is 22.0. The first-order valence-electron chi connectivity index (χ1n) is 3.86. The van der Waals surface area contributed by atoms with Gasteiger partial charge in [-0.15, -0.1) is 0 Å². The van der Waals surface area contributed by atoms with Gasteiger partial charge in [0.05, 0.1) is 0 Å². The van der Waals surface area contributed by atoms with Gasteiger partial charge < -0.3 is 9.64 Å². The smallest absolute Gasteiger partial charge is 0.152 e. The van der Waals surface area contributed by atoms with Crippen LogP contribution in [0.4, 0.5) is 0 Å². The Kier molecular flexibility index (Phi) is 3.43. The summed E-state index contributed by atoms with van der Waals surface area (Å²) < 4.78 is 4.99. The number of hydrogen-bond acceptors (Lipinski definition) is 5. The lowest BCUT2D eigenvalue weighted by atomic mass is 10.4. The Balaban J connectivity index is 2.58. The number of methoxy groups -OCH3 is 1. The van der Waals surface area contributed by atoms with Crippen LogP contribution in [0, 0.1) is 0 Å². The van der Waals surface area contributed by atoms with Gasteiger partial charge in [-0.25, -0.2) is 0 Å². The van der Waals surface area contributed by atoms with E-state index in [2.05, 4.69) is 22.4 Å². The van der Waals surface area contributed by atoms with Crippen molar-refractivity contribution in [2.45, 2.75) is 13.1 Å². The van der Waals surface area contributed by atoms with Crippen molar-refractivity contribution in [3.63, 3.8) is 0 Å². The Morgan fingerprint density at radius 1 is 1.83 bits per heavy atom. The lowest BCUT2D eigenvalue weighted by Gasteiger charge is -2.21. The van der Waals surface area contributed by atoms with Crippen LogP contribution in [0.1, 0.15) is 6.92 Å². The molecular formula is C7H13N3OS. The van der Waals surface area contributed by atoms with Gasteiger partial charge in [-0.3, -0.25) is 5.43 Å². The third kappa shape index (κ3) is 1.73. The van der Waals surface area contributed by atoms with E-state index in [4.69, 9.17) is 17.0 Å². The molecule has 12 heavy (non-hydrogen) atoms. The molecule has 0 aliphatic carbocycles. The largest absolute Gasteiger partial charge is 0.377 e. The minimum absolute atomic E-state index is 0.0511. The van der Waals surface area contributed by atoms with Crippen LogP contribution in [0.3, 0.4) is 0 Å². The van der Waals surface area contributed by atoms with Crippen molar-refractivity contribution < 1.29 is 4.74 Å². The first-order valence-corrected chi connectivity index (χ1v) is 4.33. The molecule has 0 saturated carbocycles. The number of rotatable bonds is 4. The molecule has 0 bridgehead atoms. The van der Waals surface area contributed by atoms with Crippen LogP contribution in [0.5, 0.6) is 0 Å². The van der Waals surface area contributed by atoms with Crippen LogP contribution in [0.2, 0.25) is 0 Å². The summed E-state index contributed by atoms with van der Waals surface area (Å²) >= 11 is 4.85. The zero-order valence-corrected chi connectivity index (χ0v) is 8.10. The quantitative estimate of drug-likeness (QED) is 0.638. The van der Waals surface area contributed by atoms with Crippen molar-refractivity contribution in [1.29, 1.82) is 0 Å². The molecule has 0 amide bonds. The maximum Gasteiger partial charge on any atom is 0.152 e. The highest BCUT2D eigenvalue weighted by Crippen LogP contribution is 2.04. The van der Waals surface area contributed by atoms with E-state index in [-0.39, 0.29) is 6.17 Å². The average molecular weight is 187 g/mol. The molecule has 0 aromatic heterocycles. The summed E-state index contributed by atoms with van der Waals surface area (Å²) in [5.74, 6) is 0.908. The molecule has 5 heteroatoms. The lowest BCUT2D eigenvalue weighted by Crippen LogP contribution is -2.41. The highest BCUT2D eigenvalue weighted by atomic mass is 32.1. The summed E-state index contributed by atoms with van der Waals surface area (Å²) in [5.41, 5.74) is 2.92. The predicted octanol–water partition coefficient (Wildman–Crippen LogP) is 0.197. The number of thiocarbonyl (C=S) groups is 1. The number of amidine groups is 1. The summed E-state index contributed by atoms with van der Waals surface area (Å²) in [6.45, 7) is 3.47. The van der Waals surface area contributed by atoms with Crippen molar-refractivity contribution in [3.05, 3.63) is 0 Å². The van der Waals surface area contributed by atoms with Crippen molar-refractivity contribution in [1.82, 2.24) is 10.3 Å². The number of nitrogens with one attached hydrogen (secondary N) is 1. The fourth-order valence-electron chi connectivity index (χ4n) is 1.16. The molecule has 1 heterocycles. The molecule has 1 rings (SSSR count). The summed E-state index contributed by atoms with van der Waals surface area (Å²) in [6, 6.07) is 0. The molecule has 0 fully saturated rings. The molecule has 1 unspecified atom stereocenters. The van der Waals surface area contributed by atoms with Crippen LogP contribution in [0.25, 0.3) is 0 Å². The second-order valence-electron chi connectivity index (χ2n) is 2.46. The number of hydrazone groups is 1. The topological polar surface area (TPSA) is 36.9 Å². The number of nitrogens with zero attached hydrogens (tertiary/aromatic N) is 2. The van der Waals surface area contributed by atoms with Crippen LogP contribution < -0.4 is 5.43 Å². The fraction of sp³-hybridized carbons (Fsp3) is 0.714. The Labute approximate surface area is 77.6 Å². The Morgan fingerprint density at radius 3 is 3.08 bits per heavy atom. The van der Waals surface area contributed by atoms with Crippen molar-refractivity contribution in [3.8, 4) is 0 Å². The van der Waals surface area contributed by atoms with E-state index < -0.39 is 0 Å². The molecule has 0 saturated heterocycles. The van der Waals surface area contributed by atoms with Crippen molar-refractivity contribution in [2.24, 2.45) is 5.10 Å². The van der Waals surface area contributed by atoms with Crippen LogP contribution in [-0.2, 0) is 4.74 Å². The molecule has 1 aliphatic rings. The number of ether oxygens (including phenoxy) is 1. The van der Waals surface area contributed by atoms with E-state index in [1.165, 1.54) is 0 Å². The molecule has 0 aromatic rings. The predicted molar refractivity (Wildman–Crippen MR) is 52.3 cm³/mol. The minimum Gasteiger partial charge on any atom is -0.377 e. The minimum atomic E-state index is 0.0511. The first kappa shape index (κ1) is 9.41. The van der Waals surface area contributed by atoms with E-state index in [1.54, 1.807) is 12.5 Å². The van der Waals surface area contributed by atoms with Gasteiger partial charge in [0.15, 0.2) is 5.84 Å². The second kappa shape index (κ2) is 4.37. The van der Waals surface area contributed by atoms with Crippen LogP contribution >= 0.6 is 12.2 Å². The zero-order chi connectivity index (χ0) is 8.97. The van der Waals surface area contributed by atoms with Crippen molar-refractivity contribution in [2.75, 3.05) is 20.3 Å². The fourth-order valence-corrected chi connectivity index (χ4v) is 1.37. The molecule has 0 radical (unpaired) electrons. The zero-order valence-electron chi connectivity index (χ0n) is 7.28. The molecule has 0 spiro atoms. The van der Waals surface area contributed by atoms with Gasteiger partial charge in [0.2, 0.25) is 0 Å². The Hall–Kier alpha value is -0.680. The summed E-state index contributed by atoms with van der Waals surface area (Å²) in [5, 5.41) is 5.76. The van der Waals surface area contributed by atoms with E-state index in [1.807, 2.05) is 0 Å². The molecule has 1 atom stereocenters. The standard InChI is InChI=1S/C7H13N3OS/c1-3-10-6(4-11-2)8-9-7(10)5-12/h5,7,9H,3-4H2,1-2H3. The molecular weight excluding hydrogens is 174 g/mol. The maximum atomic E-state index is 4.99. The van der Waals surface area contributed by atoms with Gasteiger partial charge in [0.1, 0.15) is 12.8 Å². The van der Waals surface area contributed by atoms with E-state index in [0.29, 0.717) is 6.61 Å². The van der Waals surface area contributed by atoms with Crippen LogP contribution in [-0.4, -0.2) is 42.5 Å². The summed E-state index contributed by atoms with van der Waals surface area (Å²) in [4.78, 5) is 2.07. The number of likely N-dealkylation sites (N-methyl/N-ethyl adjacent to an activating group) is 1. The third-order valence-corrected chi connectivity index (χ3v) is 1.99. The van der Waals surface area contributed by atoms with E-state index in [9.17, 15) is 0 Å². The average Bonchev–Trinajstić information content (AvgIpc) is 2.47. The molecule has 0 aromatic carbocycles. The van der Waals surface area contributed by atoms with E-state index in [0.717, 1.165) is 12.4 Å². The SMILES string of the molecule is CCN1C(COC)=NNC1C=S. The highest BCUT2D eigenvalue weighted by molar-refractivity contribution is 7.79. The summed E-state index contributed by atoms with van der Waals surface area (Å²) in [6.07, 6.45) is 0.0511. The highest BCUT2D eigenvalue weighted by Gasteiger charge is 2.23. The molecule has 68 valence electrons. The molecule has 4 nitrogen and oxygen atoms in total. The monoisotopic (exact) mass is 187 g/mol. The van der Waals surface area contributed by atoms with Gasteiger partial charge in [-0.2, -0.15) is 5.10 Å². The Morgan fingerprint density at radius 2 is 2.58 bits per heavy atom. The Bertz CT molecular complexity index is 195. The molecule has 1 aliphatic heterocycles.